The highest BCUT2D eigenvalue weighted by molar-refractivity contribution is 8.18. The van der Waals surface area contributed by atoms with Crippen molar-refractivity contribution in [3.63, 3.8) is 0 Å². The highest BCUT2D eigenvalue weighted by Crippen LogP contribution is 2.31. The molecular weight excluding hydrogens is 462 g/mol. The van der Waals surface area contributed by atoms with Crippen molar-refractivity contribution >= 4 is 56.3 Å². The maximum Gasteiger partial charge on any atom is 0.264 e. The van der Waals surface area contributed by atoms with E-state index in [2.05, 4.69) is 101 Å². The van der Waals surface area contributed by atoms with Gasteiger partial charge in [-0.25, -0.2) is 4.99 Å². The molecule has 2 heterocycles. The summed E-state index contributed by atoms with van der Waals surface area (Å²) in [7, 11) is 0. The maximum absolute atomic E-state index is 12.8. The highest BCUT2D eigenvalue weighted by Gasteiger charge is 2.24. The lowest BCUT2D eigenvalue weighted by molar-refractivity contribution is -0.115. The van der Waals surface area contributed by atoms with Gasteiger partial charge in [0.2, 0.25) is 0 Å². The van der Waals surface area contributed by atoms with Gasteiger partial charge in [0.25, 0.3) is 5.91 Å². The number of carbonyl (C=O) groups is 1. The lowest BCUT2D eigenvalue weighted by Gasteiger charge is -2.07. The lowest BCUT2D eigenvalue weighted by atomic mass is 10.1. The number of aryl methyl sites for hydroxylation is 1. The van der Waals surface area contributed by atoms with Crippen molar-refractivity contribution in [2.24, 2.45) is 4.99 Å². The van der Waals surface area contributed by atoms with E-state index < -0.39 is 0 Å². The molecule has 0 spiro atoms. The Morgan fingerprint density at radius 2 is 1.64 bits per heavy atom. The molecule has 6 rings (SSSR count). The molecule has 1 aliphatic heterocycles. The van der Waals surface area contributed by atoms with E-state index in [1.54, 1.807) is 0 Å². The van der Waals surface area contributed by atoms with Gasteiger partial charge in [-0.1, -0.05) is 73.7 Å². The summed E-state index contributed by atoms with van der Waals surface area (Å²) >= 11 is 1.38. The smallest absolute Gasteiger partial charge is 0.264 e. The third kappa shape index (κ3) is 4.45. The molecule has 36 heavy (non-hydrogen) atoms. The summed E-state index contributed by atoms with van der Waals surface area (Å²) in [4.78, 5) is 18.0. The molecule has 5 heteroatoms. The van der Waals surface area contributed by atoms with Crippen LogP contribution in [0.25, 0.3) is 27.8 Å². The monoisotopic (exact) mass is 487 g/mol. The van der Waals surface area contributed by atoms with E-state index in [-0.39, 0.29) is 5.91 Å². The molecule has 0 unspecified atom stereocenters. The minimum absolute atomic E-state index is 0.115. The van der Waals surface area contributed by atoms with Crippen LogP contribution in [0.5, 0.6) is 0 Å². The molecule has 0 atom stereocenters. The van der Waals surface area contributed by atoms with E-state index in [1.165, 1.54) is 33.7 Å². The molecular formula is C31H25N3OS. The number of fused-ring (bicyclic) bond motifs is 2. The van der Waals surface area contributed by atoms with E-state index in [9.17, 15) is 4.79 Å². The molecule has 1 aliphatic rings. The zero-order valence-corrected chi connectivity index (χ0v) is 20.8. The molecule has 0 aliphatic carbocycles. The Kier molecular flexibility index (Phi) is 5.91. The van der Waals surface area contributed by atoms with E-state index in [4.69, 9.17) is 0 Å². The second kappa shape index (κ2) is 9.51. The van der Waals surface area contributed by atoms with E-state index in [0.717, 1.165) is 35.1 Å². The quantitative estimate of drug-likeness (QED) is 0.265. The minimum atomic E-state index is -0.115. The number of aromatic nitrogens is 1. The summed E-state index contributed by atoms with van der Waals surface area (Å²) in [5.74, 6) is -0.115. The van der Waals surface area contributed by atoms with Crippen molar-refractivity contribution in [2.45, 2.75) is 19.9 Å². The number of benzene rings is 4. The van der Waals surface area contributed by atoms with Gasteiger partial charge in [-0.3, -0.25) is 4.79 Å². The molecule has 0 bridgehead atoms. The fourth-order valence-electron chi connectivity index (χ4n) is 4.60. The second-order valence-electron chi connectivity index (χ2n) is 8.91. The first-order valence-corrected chi connectivity index (χ1v) is 12.9. The molecule has 176 valence electrons. The number of para-hydroxylation sites is 1. The Morgan fingerprint density at radius 3 is 2.47 bits per heavy atom. The van der Waals surface area contributed by atoms with Crippen LogP contribution < -0.4 is 5.32 Å². The zero-order chi connectivity index (χ0) is 24.5. The summed E-state index contributed by atoms with van der Waals surface area (Å²) in [5.41, 5.74) is 5.51. The van der Waals surface area contributed by atoms with Crippen molar-refractivity contribution in [3.05, 3.63) is 119 Å². The molecule has 1 amide bonds. The van der Waals surface area contributed by atoms with Gasteiger partial charge in [0.15, 0.2) is 5.17 Å². The van der Waals surface area contributed by atoms with Gasteiger partial charge in [0, 0.05) is 29.2 Å². The van der Waals surface area contributed by atoms with Crippen LogP contribution in [0.3, 0.4) is 0 Å². The predicted octanol–water partition coefficient (Wildman–Crippen LogP) is 7.30. The van der Waals surface area contributed by atoms with Crippen LogP contribution in [0, 0.1) is 0 Å². The second-order valence-corrected chi connectivity index (χ2v) is 9.94. The van der Waals surface area contributed by atoms with Gasteiger partial charge in [-0.05, 0) is 70.4 Å². The van der Waals surface area contributed by atoms with Gasteiger partial charge in [0.05, 0.1) is 10.6 Å². The summed E-state index contributed by atoms with van der Waals surface area (Å²) in [6, 6.07) is 31.5. The fraction of sp³-hybridized carbons (Fsp3) is 0.0968. The molecule has 1 N–H and O–H groups in total. The van der Waals surface area contributed by atoms with Crippen LogP contribution in [0.4, 0.5) is 5.69 Å². The number of nitrogens with zero attached hydrogens (tertiary/aromatic N) is 2. The molecule has 5 aromatic rings. The Bertz CT molecular complexity index is 1660. The summed E-state index contributed by atoms with van der Waals surface area (Å²) in [6.45, 7) is 2.89. The third-order valence-corrected chi connectivity index (χ3v) is 7.41. The van der Waals surface area contributed by atoms with Crippen molar-refractivity contribution in [1.29, 1.82) is 0 Å². The molecule has 0 saturated carbocycles. The molecule has 4 aromatic carbocycles. The Morgan fingerprint density at radius 1 is 0.889 bits per heavy atom. The lowest BCUT2D eigenvalue weighted by Crippen LogP contribution is -2.19. The molecule has 0 radical (unpaired) electrons. The first-order valence-electron chi connectivity index (χ1n) is 12.1. The number of carbonyl (C=O) groups excluding carboxylic acids is 1. The topological polar surface area (TPSA) is 46.4 Å². The minimum Gasteiger partial charge on any atom is -0.342 e. The van der Waals surface area contributed by atoms with Gasteiger partial charge in [-0.2, -0.15) is 0 Å². The fourth-order valence-corrected chi connectivity index (χ4v) is 5.43. The van der Waals surface area contributed by atoms with Crippen molar-refractivity contribution < 1.29 is 4.79 Å². The van der Waals surface area contributed by atoms with Gasteiger partial charge < -0.3 is 9.88 Å². The number of hydrogen-bond donors (Lipinski definition) is 1. The number of amidine groups is 1. The van der Waals surface area contributed by atoms with E-state index in [1.807, 2.05) is 24.3 Å². The summed E-state index contributed by atoms with van der Waals surface area (Å²) in [6.07, 6.45) is 5.10. The Balaban J connectivity index is 1.31. The standard InChI is InChI=1S/C31H25N3OS/c1-2-21-12-15-26(16-13-21)32-31-33-30(35)29(36-31)18-25-20-34(28-10-6-5-9-27(25)28)19-22-11-14-23-7-3-4-8-24(23)17-22/h3-18,20H,2,19H2,1H3,(H,32,33,35)/b29-18-. The normalized spacial score (nSPS) is 15.9. The van der Waals surface area contributed by atoms with E-state index in [0.29, 0.717) is 10.1 Å². The highest BCUT2D eigenvalue weighted by atomic mass is 32.2. The number of aliphatic imine (C=N–C) groups is 1. The Hall–Kier alpha value is -4.09. The first-order chi connectivity index (χ1) is 17.7. The van der Waals surface area contributed by atoms with Crippen LogP contribution in [-0.4, -0.2) is 15.6 Å². The van der Waals surface area contributed by atoms with Crippen LogP contribution in [0.15, 0.2) is 107 Å². The van der Waals surface area contributed by atoms with Gasteiger partial charge in [-0.15, -0.1) is 0 Å². The van der Waals surface area contributed by atoms with Crippen LogP contribution in [0.1, 0.15) is 23.6 Å². The van der Waals surface area contributed by atoms with E-state index >= 15 is 0 Å². The average Bonchev–Trinajstić information content (AvgIpc) is 3.43. The number of hydrogen-bond acceptors (Lipinski definition) is 3. The number of nitrogens with one attached hydrogen (secondary N) is 1. The summed E-state index contributed by atoms with van der Waals surface area (Å²) < 4.78 is 2.26. The number of amides is 1. The number of rotatable bonds is 5. The van der Waals surface area contributed by atoms with Crippen molar-refractivity contribution in [3.8, 4) is 0 Å². The predicted molar refractivity (Wildman–Crippen MR) is 152 cm³/mol. The van der Waals surface area contributed by atoms with Crippen molar-refractivity contribution in [2.75, 3.05) is 0 Å². The third-order valence-electron chi connectivity index (χ3n) is 6.50. The van der Waals surface area contributed by atoms with Crippen LogP contribution in [-0.2, 0) is 17.8 Å². The molecule has 1 fully saturated rings. The molecule has 1 aromatic heterocycles. The van der Waals surface area contributed by atoms with Gasteiger partial charge in [0.1, 0.15) is 0 Å². The SMILES string of the molecule is CCc1ccc(N=C2NC(=O)/C(=C/c3cn(Cc4ccc5ccccc5c4)c4ccccc34)S2)cc1. The molecule has 4 nitrogen and oxygen atoms in total. The van der Waals surface area contributed by atoms with Crippen molar-refractivity contribution in [1.82, 2.24) is 9.88 Å². The first kappa shape index (κ1) is 22.4. The largest absolute Gasteiger partial charge is 0.342 e. The summed E-state index contributed by atoms with van der Waals surface area (Å²) in [5, 5.41) is 7.13. The van der Waals surface area contributed by atoms with Crippen LogP contribution in [0.2, 0.25) is 0 Å². The zero-order valence-electron chi connectivity index (χ0n) is 19.9. The number of thioether (sulfide) groups is 1. The van der Waals surface area contributed by atoms with Crippen LogP contribution >= 0.6 is 11.8 Å². The maximum atomic E-state index is 12.8. The average molecular weight is 488 g/mol. The Labute approximate surface area is 214 Å². The van der Waals surface area contributed by atoms with Gasteiger partial charge >= 0.3 is 0 Å². The molecule has 1 saturated heterocycles.